The number of carbonyl (C=O) groups is 3. The van der Waals surface area contributed by atoms with Crippen LogP contribution in [0.1, 0.15) is 28.1 Å². The van der Waals surface area contributed by atoms with E-state index in [1.54, 1.807) is 30.3 Å². The van der Waals surface area contributed by atoms with Crippen molar-refractivity contribution in [3.05, 3.63) is 58.3 Å². The van der Waals surface area contributed by atoms with E-state index in [-0.39, 0.29) is 16.9 Å². The molecule has 3 rings (SSSR count). The fourth-order valence-electron chi connectivity index (χ4n) is 2.21. The SMILES string of the molecule is O=C(C=Cc1cccs1)NC(=S)NNC(=O)c1ccc(NC(=O)C2CC2)cc1. The van der Waals surface area contributed by atoms with E-state index in [9.17, 15) is 14.4 Å². The van der Waals surface area contributed by atoms with Crippen LogP contribution in [0.15, 0.2) is 47.9 Å². The van der Waals surface area contributed by atoms with E-state index < -0.39 is 11.8 Å². The Balaban J connectivity index is 1.42. The lowest BCUT2D eigenvalue weighted by Crippen LogP contribution is -2.48. The van der Waals surface area contributed by atoms with Crippen molar-refractivity contribution in [3.8, 4) is 0 Å². The maximum Gasteiger partial charge on any atom is 0.269 e. The Hall–Kier alpha value is -3.04. The van der Waals surface area contributed by atoms with Crippen LogP contribution in [0.4, 0.5) is 5.69 Å². The molecule has 1 heterocycles. The van der Waals surface area contributed by atoms with Gasteiger partial charge < -0.3 is 5.32 Å². The number of thiocarbonyl (C=S) groups is 1. The zero-order valence-corrected chi connectivity index (χ0v) is 16.4. The molecule has 3 amide bonds. The number of carbonyl (C=O) groups excluding carboxylic acids is 3. The smallest absolute Gasteiger partial charge is 0.269 e. The molecule has 28 heavy (non-hydrogen) atoms. The fraction of sp³-hybridized carbons (Fsp3) is 0.158. The molecule has 0 saturated heterocycles. The van der Waals surface area contributed by atoms with Crippen LogP contribution in [0.3, 0.4) is 0 Å². The van der Waals surface area contributed by atoms with E-state index in [1.807, 2.05) is 17.5 Å². The molecule has 0 bridgehead atoms. The molecule has 7 nitrogen and oxygen atoms in total. The van der Waals surface area contributed by atoms with Gasteiger partial charge in [0.2, 0.25) is 11.8 Å². The van der Waals surface area contributed by atoms with Crippen LogP contribution in [0.2, 0.25) is 0 Å². The summed E-state index contributed by atoms with van der Waals surface area (Å²) in [7, 11) is 0. The number of rotatable bonds is 5. The van der Waals surface area contributed by atoms with Crippen molar-refractivity contribution in [1.29, 1.82) is 0 Å². The minimum atomic E-state index is -0.425. The molecule has 9 heteroatoms. The number of hydrazine groups is 1. The maximum atomic E-state index is 12.1. The number of anilines is 1. The van der Waals surface area contributed by atoms with Gasteiger partial charge in [0.1, 0.15) is 0 Å². The summed E-state index contributed by atoms with van der Waals surface area (Å²) in [6.45, 7) is 0. The second kappa shape index (κ2) is 9.25. The average molecular weight is 415 g/mol. The minimum Gasteiger partial charge on any atom is -0.326 e. The van der Waals surface area contributed by atoms with Gasteiger partial charge in [0, 0.05) is 28.1 Å². The van der Waals surface area contributed by atoms with E-state index in [0.717, 1.165) is 17.7 Å². The van der Waals surface area contributed by atoms with Crippen molar-refractivity contribution in [2.75, 3.05) is 5.32 Å². The first kappa shape index (κ1) is 19.7. The lowest BCUT2D eigenvalue weighted by molar-refractivity contribution is -0.117. The largest absolute Gasteiger partial charge is 0.326 e. The first-order chi connectivity index (χ1) is 13.5. The quantitative estimate of drug-likeness (QED) is 0.342. The standard InChI is InChI=1S/C19H18N4O3S2/c24-16(10-9-15-2-1-11-28-15)21-19(27)23-22-18(26)13-5-7-14(8-6-13)20-17(25)12-3-4-12/h1-2,5-12H,3-4H2,(H,20,25)(H,22,26)(H2,21,23,24,27). The number of thiophene rings is 1. The van der Waals surface area contributed by atoms with Crippen molar-refractivity contribution >= 4 is 58.2 Å². The normalized spacial score (nSPS) is 13.0. The molecular formula is C19H18N4O3S2. The summed E-state index contributed by atoms with van der Waals surface area (Å²) in [5, 5.41) is 7.12. The number of hydrogen-bond acceptors (Lipinski definition) is 5. The molecule has 1 saturated carbocycles. The first-order valence-corrected chi connectivity index (χ1v) is 9.84. The first-order valence-electron chi connectivity index (χ1n) is 8.55. The zero-order chi connectivity index (χ0) is 19.9. The number of nitrogens with one attached hydrogen (secondary N) is 4. The van der Waals surface area contributed by atoms with Gasteiger partial charge in [-0.1, -0.05) is 6.07 Å². The van der Waals surface area contributed by atoms with Gasteiger partial charge in [-0.15, -0.1) is 11.3 Å². The third-order valence-corrected chi connectivity index (χ3v) is 4.87. The van der Waals surface area contributed by atoms with E-state index in [2.05, 4.69) is 21.5 Å². The van der Waals surface area contributed by atoms with Gasteiger partial charge in [-0.2, -0.15) is 0 Å². The third-order valence-electron chi connectivity index (χ3n) is 3.83. The highest BCUT2D eigenvalue weighted by Crippen LogP contribution is 2.30. The Morgan fingerprint density at radius 2 is 1.82 bits per heavy atom. The van der Waals surface area contributed by atoms with Crippen LogP contribution in [0, 0.1) is 5.92 Å². The Bertz CT molecular complexity index is 904. The van der Waals surface area contributed by atoms with Crippen molar-refractivity contribution < 1.29 is 14.4 Å². The Labute approximate surface area is 171 Å². The van der Waals surface area contributed by atoms with E-state index in [0.29, 0.717) is 11.3 Å². The number of amides is 3. The topological polar surface area (TPSA) is 99.3 Å². The zero-order valence-electron chi connectivity index (χ0n) is 14.7. The molecule has 144 valence electrons. The summed E-state index contributed by atoms with van der Waals surface area (Å²) in [6.07, 6.45) is 4.89. The van der Waals surface area contributed by atoms with Gasteiger partial charge in [-0.25, -0.2) is 0 Å². The maximum absolute atomic E-state index is 12.1. The average Bonchev–Trinajstić information content (AvgIpc) is 3.41. The molecule has 2 aromatic rings. The van der Waals surface area contributed by atoms with Crippen molar-refractivity contribution in [1.82, 2.24) is 16.2 Å². The predicted molar refractivity (Wildman–Crippen MR) is 112 cm³/mol. The van der Waals surface area contributed by atoms with Crippen LogP contribution in [-0.2, 0) is 9.59 Å². The fourth-order valence-corrected chi connectivity index (χ4v) is 2.98. The van der Waals surface area contributed by atoms with Crippen molar-refractivity contribution in [2.24, 2.45) is 5.92 Å². The predicted octanol–water partition coefficient (Wildman–Crippen LogP) is 2.45. The molecule has 1 aliphatic rings. The van der Waals surface area contributed by atoms with Gasteiger partial charge in [0.15, 0.2) is 5.11 Å². The Morgan fingerprint density at radius 1 is 1.07 bits per heavy atom. The van der Waals surface area contributed by atoms with E-state index in [1.165, 1.54) is 17.4 Å². The minimum absolute atomic E-state index is 0.00749. The summed E-state index contributed by atoms with van der Waals surface area (Å²) in [5.74, 6) is -0.710. The van der Waals surface area contributed by atoms with Gasteiger partial charge >= 0.3 is 0 Å². The van der Waals surface area contributed by atoms with Gasteiger partial charge in [0.05, 0.1) is 0 Å². The summed E-state index contributed by atoms with van der Waals surface area (Å²) in [4.78, 5) is 36.6. The second-order valence-electron chi connectivity index (χ2n) is 6.09. The van der Waals surface area contributed by atoms with Crippen LogP contribution in [0.5, 0.6) is 0 Å². The van der Waals surface area contributed by atoms with E-state index >= 15 is 0 Å². The Kier molecular flexibility index (Phi) is 6.51. The summed E-state index contributed by atoms with van der Waals surface area (Å²) >= 11 is 6.48. The van der Waals surface area contributed by atoms with Crippen molar-refractivity contribution in [3.63, 3.8) is 0 Å². The van der Waals surface area contributed by atoms with E-state index in [4.69, 9.17) is 12.2 Å². The number of hydrogen-bond donors (Lipinski definition) is 4. The van der Waals surface area contributed by atoms with Gasteiger partial charge in [-0.05, 0) is 66.8 Å². The second-order valence-corrected chi connectivity index (χ2v) is 7.47. The van der Waals surface area contributed by atoms with Crippen LogP contribution in [-0.4, -0.2) is 22.8 Å². The highest BCUT2D eigenvalue weighted by atomic mass is 32.1. The third kappa shape index (κ3) is 6.00. The number of benzene rings is 1. The molecule has 1 aromatic heterocycles. The highest BCUT2D eigenvalue weighted by Gasteiger charge is 2.29. The van der Waals surface area contributed by atoms with Crippen molar-refractivity contribution in [2.45, 2.75) is 12.8 Å². The van der Waals surface area contributed by atoms with Crippen LogP contribution >= 0.6 is 23.6 Å². The van der Waals surface area contributed by atoms with Crippen LogP contribution < -0.4 is 21.5 Å². The molecular weight excluding hydrogens is 396 g/mol. The summed E-state index contributed by atoms with van der Waals surface area (Å²) < 4.78 is 0. The molecule has 1 fully saturated rings. The Morgan fingerprint density at radius 3 is 2.46 bits per heavy atom. The lowest BCUT2D eigenvalue weighted by atomic mass is 10.2. The molecule has 0 aliphatic heterocycles. The van der Waals surface area contributed by atoms with Gasteiger partial charge in [-0.3, -0.25) is 30.6 Å². The molecule has 0 unspecified atom stereocenters. The van der Waals surface area contributed by atoms with Crippen LogP contribution in [0.25, 0.3) is 6.08 Å². The highest BCUT2D eigenvalue weighted by molar-refractivity contribution is 7.80. The monoisotopic (exact) mass is 414 g/mol. The molecule has 0 atom stereocenters. The molecule has 1 aliphatic carbocycles. The summed E-state index contributed by atoms with van der Waals surface area (Å²) in [6, 6.07) is 10.3. The molecule has 4 N–H and O–H groups in total. The molecule has 0 radical (unpaired) electrons. The molecule has 0 spiro atoms. The summed E-state index contributed by atoms with van der Waals surface area (Å²) in [5.41, 5.74) is 5.90. The molecule has 1 aromatic carbocycles. The van der Waals surface area contributed by atoms with Gasteiger partial charge in [0.25, 0.3) is 5.91 Å². The lowest BCUT2D eigenvalue weighted by Gasteiger charge is -2.10.